The predicted octanol–water partition coefficient (Wildman–Crippen LogP) is 3.22. The Balaban J connectivity index is 1.94. The van der Waals surface area contributed by atoms with E-state index in [-0.39, 0.29) is 17.9 Å². The number of hydrogen-bond donors (Lipinski definition) is 2. The lowest BCUT2D eigenvalue weighted by molar-refractivity contribution is -0.121. The minimum atomic E-state index is -0.502. The molecule has 0 aromatic heterocycles. The summed E-state index contributed by atoms with van der Waals surface area (Å²) in [6.45, 7) is 2.57. The molecule has 5 nitrogen and oxygen atoms in total. The smallest absolute Gasteiger partial charge is 0.248 e. The van der Waals surface area contributed by atoms with Crippen LogP contribution in [0.5, 0.6) is 0 Å². The van der Waals surface area contributed by atoms with Crippen LogP contribution in [0.2, 0.25) is 5.02 Å². The molecule has 2 amide bonds. The van der Waals surface area contributed by atoms with Crippen molar-refractivity contribution in [3.05, 3.63) is 70.2 Å². The Morgan fingerprint density at radius 2 is 1.82 bits per heavy atom. The summed E-state index contributed by atoms with van der Waals surface area (Å²) in [5.41, 5.74) is 7.75. The molecule has 0 aliphatic heterocycles. The SMILES string of the molecule is C[C@H](CC(=O)NC[C@H](Cc1ccc(C(N)=O)cc1Cl)N(C)C)c1ccccc1. The number of nitrogens with zero attached hydrogens (tertiary/aromatic N) is 1. The number of nitrogens with one attached hydrogen (secondary N) is 1. The number of nitrogens with two attached hydrogens (primary N) is 1. The summed E-state index contributed by atoms with van der Waals surface area (Å²) in [6, 6.07) is 15.2. The Morgan fingerprint density at radius 1 is 1.14 bits per heavy atom. The van der Waals surface area contributed by atoms with Crippen LogP contribution in [0.3, 0.4) is 0 Å². The largest absolute Gasteiger partial charge is 0.366 e. The Kier molecular flexibility index (Phi) is 8.03. The van der Waals surface area contributed by atoms with Gasteiger partial charge in [0.25, 0.3) is 0 Å². The van der Waals surface area contributed by atoms with Gasteiger partial charge in [-0.2, -0.15) is 0 Å². The maximum absolute atomic E-state index is 12.4. The lowest BCUT2D eigenvalue weighted by Gasteiger charge is -2.25. The summed E-state index contributed by atoms with van der Waals surface area (Å²) < 4.78 is 0. The third-order valence-corrected chi connectivity index (χ3v) is 5.27. The second-order valence-electron chi connectivity index (χ2n) is 7.31. The molecule has 2 atom stereocenters. The van der Waals surface area contributed by atoms with E-state index in [1.807, 2.05) is 50.5 Å². The van der Waals surface area contributed by atoms with Crippen LogP contribution >= 0.6 is 11.6 Å². The van der Waals surface area contributed by atoms with Gasteiger partial charge in [-0.15, -0.1) is 0 Å². The highest BCUT2D eigenvalue weighted by atomic mass is 35.5. The van der Waals surface area contributed by atoms with Gasteiger partial charge < -0.3 is 16.0 Å². The number of amides is 2. The monoisotopic (exact) mass is 401 g/mol. The summed E-state index contributed by atoms with van der Waals surface area (Å²) in [5, 5.41) is 3.54. The fraction of sp³-hybridized carbons (Fsp3) is 0.364. The van der Waals surface area contributed by atoms with Crippen molar-refractivity contribution in [3.63, 3.8) is 0 Å². The lowest BCUT2D eigenvalue weighted by atomic mass is 9.97. The Morgan fingerprint density at radius 3 is 2.39 bits per heavy atom. The normalized spacial score (nSPS) is 13.2. The third kappa shape index (κ3) is 6.36. The molecule has 2 aromatic rings. The maximum Gasteiger partial charge on any atom is 0.248 e. The van der Waals surface area contributed by atoms with Crippen LogP contribution in [0.1, 0.15) is 40.7 Å². The fourth-order valence-corrected chi connectivity index (χ4v) is 3.30. The van der Waals surface area contributed by atoms with E-state index in [0.29, 0.717) is 30.0 Å². The molecule has 0 radical (unpaired) electrons. The van der Waals surface area contributed by atoms with Crippen LogP contribution < -0.4 is 11.1 Å². The van der Waals surface area contributed by atoms with Gasteiger partial charge in [0.2, 0.25) is 11.8 Å². The van der Waals surface area contributed by atoms with Gasteiger partial charge in [0.15, 0.2) is 0 Å². The highest BCUT2D eigenvalue weighted by Crippen LogP contribution is 2.21. The summed E-state index contributed by atoms with van der Waals surface area (Å²) in [4.78, 5) is 25.7. The first-order chi connectivity index (χ1) is 13.3. The molecular formula is C22H28ClN3O2. The molecule has 150 valence electrons. The van der Waals surface area contributed by atoms with E-state index < -0.39 is 5.91 Å². The molecule has 2 rings (SSSR count). The van der Waals surface area contributed by atoms with Crippen LogP contribution in [0, 0.1) is 0 Å². The first-order valence-electron chi connectivity index (χ1n) is 9.34. The van der Waals surface area contributed by atoms with Gasteiger partial charge in [0.1, 0.15) is 0 Å². The highest BCUT2D eigenvalue weighted by molar-refractivity contribution is 6.31. The fourth-order valence-electron chi connectivity index (χ4n) is 3.04. The maximum atomic E-state index is 12.4. The molecule has 6 heteroatoms. The van der Waals surface area contributed by atoms with Crippen molar-refractivity contribution in [2.24, 2.45) is 5.73 Å². The van der Waals surface area contributed by atoms with Gasteiger partial charge in [-0.1, -0.05) is 54.9 Å². The number of hydrogen-bond acceptors (Lipinski definition) is 3. The van der Waals surface area contributed by atoms with Gasteiger partial charge in [-0.25, -0.2) is 0 Å². The molecule has 0 fully saturated rings. The minimum absolute atomic E-state index is 0.0263. The van der Waals surface area contributed by atoms with Crippen LogP contribution in [0.4, 0.5) is 0 Å². The first-order valence-corrected chi connectivity index (χ1v) is 9.72. The van der Waals surface area contributed by atoms with E-state index in [0.717, 1.165) is 11.1 Å². The van der Waals surface area contributed by atoms with Gasteiger partial charge in [0, 0.05) is 29.6 Å². The molecule has 2 aromatic carbocycles. The molecule has 0 bridgehead atoms. The van der Waals surface area contributed by atoms with E-state index in [4.69, 9.17) is 17.3 Å². The van der Waals surface area contributed by atoms with E-state index in [2.05, 4.69) is 17.1 Å². The van der Waals surface area contributed by atoms with Crippen molar-refractivity contribution < 1.29 is 9.59 Å². The number of carbonyl (C=O) groups is 2. The zero-order chi connectivity index (χ0) is 20.7. The van der Waals surface area contributed by atoms with Crippen molar-refractivity contribution >= 4 is 23.4 Å². The van der Waals surface area contributed by atoms with Crippen molar-refractivity contribution in [1.82, 2.24) is 10.2 Å². The zero-order valence-corrected chi connectivity index (χ0v) is 17.4. The van der Waals surface area contributed by atoms with Crippen molar-refractivity contribution in [2.45, 2.75) is 31.7 Å². The van der Waals surface area contributed by atoms with Gasteiger partial charge in [-0.05, 0) is 49.7 Å². The molecule has 0 aliphatic carbocycles. The Bertz CT molecular complexity index is 809. The van der Waals surface area contributed by atoms with E-state index in [1.54, 1.807) is 12.1 Å². The Hall–Kier alpha value is -2.37. The molecule has 0 saturated carbocycles. The van der Waals surface area contributed by atoms with E-state index in [1.165, 1.54) is 0 Å². The predicted molar refractivity (Wildman–Crippen MR) is 114 cm³/mol. The number of carbonyl (C=O) groups excluding carboxylic acids is 2. The van der Waals surface area contributed by atoms with Gasteiger partial charge >= 0.3 is 0 Å². The number of likely N-dealkylation sites (N-methyl/N-ethyl adjacent to an activating group) is 1. The van der Waals surface area contributed by atoms with E-state index >= 15 is 0 Å². The summed E-state index contributed by atoms with van der Waals surface area (Å²) in [7, 11) is 3.93. The average Bonchev–Trinajstić information content (AvgIpc) is 2.66. The molecular weight excluding hydrogens is 374 g/mol. The van der Waals surface area contributed by atoms with Crippen molar-refractivity contribution in [2.75, 3.05) is 20.6 Å². The number of halogens is 1. The molecule has 0 saturated heterocycles. The Labute approximate surface area is 171 Å². The topological polar surface area (TPSA) is 75.4 Å². The minimum Gasteiger partial charge on any atom is -0.366 e. The van der Waals surface area contributed by atoms with Gasteiger partial charge in [-0.3, -0.25) is 9.59 Å². The second kappa shape index (κ2) is 10.2. The number of rotatable bonds is 9. The van der Waals surface area contributed by atoms with Crippen LogP contribution in [0.15, 0.2) is 48.5 Å². The van der Waals surface area contributed by atoms with Crippen LogP contribution in [-0.4, -0.2) is 43.4 Å². The zero-order valence-electron chi connectivity index (χ0n) is 16.6. The molecule has 0 spiro atoms. The summed E-state index contributed by atoms with van der Waals surface area (Å²) in [6.07, 6.45) is 1.09. The number of benzene rings is 2. The van der Waals surface area contributed by atoms with Gasteiger partial charge in [0.05, 0.1) is 0 Å². The third-order valence-electron chi connectivity index (χ3n) is 4.92. The molecule has 0 unspecified atom stereocenters. The molecule has 28 heavy (non-hydrogen) atoms. The van der Waals surface area contributed by atoms with Crippen molar-refractivity contribution in [1.29, 1.82) is 0 Å². The molecule has 0 heterocycles. The lowest BCUT2D eigenvalue weighted by Crippen LogP contribution is -2.41. The summed E-state index contributed by atoms with van der Waals surface area (Å²) >= 11 is 6.31. The van der Waals surface area contributed by atoms with Crippen LogP contribution in [0.25, 0.3) is 0 Å². The standard InChI is InChI=1S/C22H28ClN3O2/c1-15(16-7-5-4-6-8-16)11-21(27)25-14-19(26(2)3)12-17-9-10-18(22(24)28)13-20(17)23/h4-10,13,15,19H,11-12,14H2,1-3H3,(H2,24,28)(H,25,27)/t15-,19+/m1/s1. The number of primary amides is 1. The van der Waals surface area contributed by atoms with Crippen molar-refractivity contribution in [3.8, 4) is 0 Å². The first kappa shape index (κ1) is 21.9. The highest BCUT2D eigenvalue weighted by Gasteiger charge is 2.17. The quantitative estimate of drug-likeness (QED) is 0.677. The van der Waals surface area contributed by atoms with Crippen LogP contribution in [-0.2, 0) is 11.2 Å². The molecule has 3 N–H and O–H groups in total. The second-order valence-corrected chi connectivity index (χ2v) is 7.72. The average molecular weight is 402 g/mol. The summed E-state index contributed by atoms with van der Waals surface area (Å²) in [5.74, 6) is -0.314. The van der Waals surface area contributed by atoms with E-state index in [9.17, 15) is 9.59 Å². The molecule has 0 aliphatic rings.